The number of hydrogen-bond donors (Lipinski definition) is 1. The zero-order valence-electron chi connectivity index (χ0n) is 11.4. The number of piperazine rings is 1. The number of benzene rings is 1. The molecular formula is C15H23ClN2. The van der Waals surface area contributed by atoms with Gasteiger partial charge in [-0.2, -0.15) is 0 Å². The molecule has 0 atom stereocenters. The van der Waals surface area contributed by atoms with Crippen LogP contribution in [0.25, 0.3) is 0 Å². The normalized spacial score (nSPS) is 17.1. The maximum absolute atomic E-state index is 6.30. The van der Waals surface area contributed by atoms with Crippen LogP contribution in [-0.4, -0.2) is 37.6 Å². The molecule has 1 N–H and O–H groups in total. The molecule has 0 aliphatic carbocycles. The average Bonchev–Trinajstić information content (AvgIpc) is 2.37. The van der Waals surface area contributed by atoms with Gasteiger partial charge in [0.2, 0.25) is 0 Å². The van der Waals surface area contributed by atoms with Gasteiger partial charge in [0, 0.05) is 31.2 Å². The molecule has 2 rings (SSSR count). The van der Waals surface area contributed by atoms with Crippen LogP contribution in [-0.2, 0) is 6.42 Å². The van der Waals surface area contributed by atoms with Crippen molar-refractivity contribution in [2.24, 2.45) is 0 Å². The Morgan fingerprint density at radius 2 is 1.83 bits per heavy atom. The van der Waals surface area contributed by atoms with Crippen LogP contribution in [0.15, 0.2) is 12.1 Å². The van der Waals surface area contributed by atoms with Crippen molar-refractivity contribution in [2.75, 3.05) is 32.7 Å². The van der Waals surface area contributed by atoms with Crippen molar-refractivity contribution in [3.8, 4) is 0 Å². The lowest BCUT2D eigenvalue weighted by Crippen LogP contribution is -2.43. The van der Waals surface area contributed by atoms with Crippen LogP contribution in [0, 0.1) is 13.8 Å². The number of halogens is 1. The highest BCUT2D eigenvalue weighted by Crippen LogP contribution is 2.22. The van der Waals surface area contributed by atoms with Gasteiger partial charge in [-0.25, -0.2) is 0 Å². The van der Waals surface area contributed by atoms with E-state index in [1.54, 1.807) is 0 Å². The van der Waals surface area contributed by atoms with Crippen LogP contribution in [0.5, 0.6) is 0 Å². The van der Waals surface area contributed by atoms with Gasteiger partial charge in [0.15, 0.2) is 0 Å². The Bertz CT molecular complexity index is 398. The van der Waals surface area contributed by atoms with Crippen LogP contribution in [0.3, 0.4) is 0 Å². The molecule has 0 radical (unpaired) electrons. The summed E-state index contributed by atoms with van der Waals surface area (Å²) in [6.45, 7) is 10.1. The van der Waals surface area contributed by atoms with Crippen molar-refractivity contribution in [3.63, 3.8) is 0 Å². The van der Waals surface area contributed by atoms with E-state index < -0.39 is 0 Å². The summed E-state index contributed by atoms with van der Waals surface area (Å²) in [4.78, 5) is 2.53. The number of hydrogen-bond acceptors (Lipinski definition) is 2. The number of rotatable bonds is 4. The largest absolute Gasteiger partial charge is 0.314 e. The molecule has 18 heavy (non-hydrogen) atoms. The molecular weight excluding hydrogens is 244 g/mol. The molecule has 1 aromatic carbocycles. The van der Waals surface area contributed by atoms with Gasteiger partial charge in [0.25, 0.3) is 0 Å². The van der Waals surface area contributed by atoms with Crippen LogP contribution < -0.4 is 5.32 Å². The van der Waals surface area contributed by atoms with E-state index in [2.05, 4.69) is 36.2 Å². The molecule has 0 amide bonds. The standard InChI is InChI=1S/C15H23ClN2/c1-12-10-14(15(16)11-13(12)2)4-3-7-18-8-5-17-6-9-18/h10-11,17H,3-9H2,1-2H3. The summed E-state index contributed by atoms with van der Waals surface area (Å²) < 4.78 is 0. The van der Waals surface area contributed by atoms with E-state index in [4.69, 9.17) is 11.6 Å². The molecule has 0 aromatic heterocycles. The molecule has 1 aliphatic rings. The maximum atomic E-state index is 6.30. The zero-order valence-corrected chi connectivity index (χ0v) is 12.2. The lowest BCUT2D eigenvalue weighted by atomic mass is 10.0. The molecule has 1 heterocycles. The van der Waals surface area contributed by atoms with Gasteiger partial charge in [0.05, 0.1) is 0 Å². The van der Waals surface area contributed by atoms with E-state index in [9.17, 15) is 0 Å². The lowest BCUT2D eigenvalue weighted by Gasteiger charge is -2.27. The zero-order chi connectivity index (χ0) is 13.0. The highest BCUT2D eigenvalue weighted by atomic mass is 35.5. The molecule has 0 bridgehead atoms. The van der Waals surface area contributed by atoms with Crippen molar-refractivity contribution in [1.82, 2.24) is 10.2 Å². The van der Waals surface area contributed by atoms with E-state index in [0.717, 1.165) is 24.5 Å². The van der Waals surface area contributed by atoms with Gasteiger partial charge < -0.3 is 10.2 Å². The van der Waals surface area contributed by atoms with Gasteiger partial charge in [-0.15, -0.1) is 0 Å². The van der Waals surface area contributed by atoms with Crippen LogP contribution in [0.4, 0.5) is 0 Å². The molecule has 0 unspecified atom stereocenters. The van der Waals surface area contributed by atoms with E-state index >= 15 is 0 Å². The molecule has 100 valence electrons. The van der Waals surface area contributed by atoms with Crippen LogP contribution in [0.2, 0.25) is 5.02 Å². The highest BCUT2D eigenvalue weighted by Gasteiger charge is 2.09. The summed E-state index contributed by atoms with van der Waals surface area (Å²) in [6, 6.07) is 4.34. The molecule has 1 saturated heterocycles. The van der Waals surface area contributed by atoms with Crippen LogP contribution in [0.1, 0.15) is 23.1 Å². The van der Waals surface area contributed by atoms with Gasteiger partial charge in [-0.05, 0) is 56.0 Å². The summed E-state index contributed by atoms with van der Waals surface area (Å²) in [7, 11) is 0. The summed E-state index contributed by atoms with van der Waals surface area (Å²) in [5.41, 5.74) is 3.93. The monoisotopic (exact) mass is 266 g/mol. The molecule has 1 aliphatic heterocycles. The Morgan fingerprint density at radius 3 is 2.56 bits per heavy atom. The number of nitrogens with one attached hydrogen (secondary N) is 1. The molecule has 1 aromatic rings. The fourth-order valence-electron chi connectivity index (χ4n) is 2.46. The highest BCUT2D eigenvalue weighted by molar-refractivity contribution is 6.31. The predicted molar refractivity (Wildman–Crippen MR) is 78.6 cm³/mol. The Labute approximate surface area is 115 Å². The van der Waals surface area contributed by atoms with Crippen molar-refractivity contribution < 1.29 is 0 Å². The molecule has 3 heteroatoms. The topological polar surface area (TPSA) is 15.3 Å². The summed E-state index contributed by atoms with van der Waals surface area (Å²) in [5.74, 6) is 0. The molecule has 1 fully saturated rings. The number of nitrogens with zero attached hydrogens (tertiary/aromatic N) is 1. The van der Waals surface area contributed by atoms with Gasteiger partial charge >= 0.3 is 0 Å². The minimum Gasteiger partial charge on any atom is -0.314 e. The minimum absolute atomic E-state index is 0.929. The first-order chi connectivity index (χ1) is 8.66. The van der Waals surface area contributed by atoms with Crippen LogP contribution >= 0.6 is 11.6 Å². The van der Waals surface area contributed by atoms with Gasteiger partial charge in [-0.1, -0.05) is 17.7 Å². The molecule has 0 spiro atoms. The predicted octanol–water partition coefficient (Wildman–Crippen LogP) is 2.79. The van der Waals surface area contributed by atoms with E-state index in [-0.39, 0.29) is 0 Å². The summed E-state index contributed by atoms with van der Waals surface area (Å²) in [6.07, 6.45) is 2.28. The summed E-state index contributed by atoms with van der Waals surface area (Å²) in [5, 5.41) is 4.31. The Balaban J connectivity index is 1.84. The first-order valence-corrected chi connectivity index (χ1v) is 7.23. The van der Waals surface area contributed by atoms with Crippen molar-refractivity contribution in [2.45, 2.75) is 26.7 Å². The second kappa shape index (κ2) is 6.55. The second-order valence-corrected chi connectivity index (χ2v) is 5.63. The van der Waals surface area contributed by atoms with Crippen molar-refractivity contribution in [1.29, 1.82) is 0 Å². The second-order valence-electron chi connectivity index (χ2n) is 5.22. The minimum atomic E-state index is 0.929. The third kappa shape index (κ3) is 3.71. The van der Waals surface area contributed by atoms with Gasteiger partial charge in [0.1, 0.15) is 0 Å². The quantitative estimate of drug-likeness (QED) is 0.902. The smallest absolute Gasteiger partial charge is 0.0440 e. The maximum Gasteiger partial charge on any atom is 0.0440 e. The van der Waals surface area contributed by atoms with Crippen molar-refractivity contribution in [3.05, 3.63) is 33.8 Å². The lowest BCUT2D eigenvalue weighted by molar-refractivity contribution is 0.238. The Morgan fingerprint density at radius 1 is 1.17 bits per heavy atom. The first-order valence-electron chi connectivity index (χ1n) is 6.85. The van der Waals surface area contributed by atoms with Gasteiger partial charge in [-0.3, -0.25) is 0 Å². The van der Waals surface area contributed by atoms with E-state index in [1.165, 1.54) is 42.7 Å². The van der Waals surface area contributed by atoms with Crippen molar-refractivity contribution >= 4 is 11.6 Å². The first kappa shape index (κ1) is 13.9. The fourth-order valence-corrected chi connectivity index (χ4v) is 2.77. The van der Waals surface area contributed by atoms with E-state index in [1.807, 2.05) is 0 Å². The fraction of sp³-hybridized carbons (Fsp3) is 0.600. The Kier molecular flexibility index (Phi) is 5.04. The Hall–Kier alpha value is -0.570. The third-order valence-electron chi connectivity index (χ3n) is 3.79. The average molecular weight is 267 g/mol. The number of aryl methyl sites for hydroxylation is 3. The molecule has 2 nitrogen and oxygen atoms in total. The summed E-state index contributed by atoms with van der Waals surface area (Å²) >= 11 is 6.30. The molecule has 0 saturated carbocycles. The SMILES string of the molecule is Cc1cc(Cl)c(CCCN2CCNCC2)cc1C. The van der Waals surface area contributed by atoms with E-state index in [0.29, 0.717) is 0 Å². The third-order valence-corrected chi connectivity index (χ3v) is 4.14.